The van der Waals surface area contributed by atoms with Crippen LogP contribution in [0.1, 0.15) is 33.4 Å². The topological polar surface area (TPSA) is 4.93 Å². The molecule has 1 heteroatoms. The Morgan fingerprint density at radius 2 is 1.26 bits per heavy atom. The van der Waals surface area contributed by atoms with Crippen LogP contribution in [0.25, 0.3) is 49.7 Å². The second-order valence-corrected chi connectivity index (χ2v) is 10.1. The Labute approximate surface area is 197 Å². The summed E-state index contributed by atoms with van der Waals surface area (Å²) in [5.41, 5.74) is 18.8. The van der Waals surface area contributed by atoms with Crippen molar-refractivity contribution in [2.45, 2.75) is 19.3 Å². The van der Waals surface area contributed by atoms with Gasteiger partial charge >= 0.3 is 0 Å². The summed E-state index contributed by atoms with van der Waals surface area (Å²) in [4.78, 5) is 0. The Bertz CT molecular complexity index is 1880. The lowest BCUT2D eigenvalue weighted by Gasteiger charge is -2.21. The van der Waals surface area contributed by atoms with Crippen molar-refractivity contribution in [3.05, 3.63) is 124 Å². The van der Waals surface area contributed by atoms with E-state index < -0.39 is 0 Å². The molecule has 0 radical (unpaired) electrons. The average molecular weight is 432 g/mol. The van der Waals surface area contributed by atoms with Crippen molar-refractivity contribution in [3.8, 4) is 27.9 Å². The Morgan fingerprint density at radius 3 is 2.24 bits per heavy atom. The molecule has 0 saturated heterocycles. The van der Waals surface area contributed by atoms with Gasteiger partial charge in [-0.15, -0.1) is 0 Å². The zero-order valence-corrected chi connectivity index (χ0v) is 18.7. The Kier molecular flexibility index (Phi) is 3.00. The van der Waals surface area contributed by atoms with Crippen LogP contribution in [0, 0.1) is 0 Å². The summed E-state index contributed by atoms with van der Waals surface area (Å²) >= 11 is 0. The summed E-state index contributed by atoms with van der Waals surface area (Å²) in [7, 11) is 0. The van der Waals surface area contributed by atoms with Gasteiger partial charge in [-0.3, -0.25) is 0 Å². The highest BCUT2D eigenvalue weighted by Crippen LogP contribution is 2.52. The van der Waals surface area contributed by atoms with Gasteiger partial charge in [-0.25, -0.2) is 0 Å². The molecule has 34 heavy (non-hydrogen) atoms. The maximum absolute atomic E-state index is 2.53. The first-order valence-corrected chi connectivity index (χ1v) is 12.3. The van der Waals surface area contributed by atoms with Crippen molar-refractivity contribution in [3.63, 3.8) is 0 Å². The first-order valence-electron chi connectivity index (χ1n) is 12.3. The van der Waals surface area contributed by atoms with Crippen LogP contribution in [0.3, 0.4) is 0 Å². The number of aromatic nitrogens is 1. The van der Waals surface area contributed by atoms with Crippen molar-refractivity contribution in [2.75, 3.05) is 0 Å². The molecule has 1 nitrogen and oxygen atoms in total. The third-order valence-electron chi connectivity index (χ3n) is 8.45. The summed E-state index contributed by atoms with van der Waals surface area (Å²) in [6.45, 7) is 0. The van der Waals surface area contributed by atoms with Crippen LogP contribution < -0.4 is 0 Å². The predicted octanol–water partition coefficient (Wildman–Crippen LogP) is 7.83. The minimum absolute atomic E-state index is 1.01. The number of para-hydroxylation sites is 2. The van der Waals surface area contributed by atoms with Crippen LogP contribution in [0.15, 0.2) is 91.0 Å². The molecule has 0 fully saturated rings. The monoisotopic (exact) mass is 431 g/mol. The van der Waals surface area contributed by atoms with E-state index in [4.69, 9.17) is 0 Å². The molecule has 1 aromatic heterocycles. The fourth-order valence-corrected chi connectivity index (χ4v) is 7.13. The van der Waals surface area contributed by atoms with Gasteiger partial charge in [0, 0.05) is 22.9 Å². The quantitative estimate of drug-likeness (QED) is 0.231. The molecule has 0 amide bonds. The maximum Gasteiger partial charge on any atom is 0.0583 e. The van der Waals surface area contributed by atoms with Gasteiger partial charge < -0.3 is 4.57 Å². The molecule has 0 saturated carbocycles. The summed E-state index contributed by atoms with van der Waals surface area (Å²) in [5.74, 6) is 0. The third kappa shape index (κ3) is 1.94. The van der Waals surface area contributed by atoms with Gasteiger partial charge in [0.15, 0.2) is 0 Å². The highest BCUT2D eigenvalue weighted by Gasteiger charge is 2.32. The zero-order valence-electron chi connectivity index (χ0n) is 18.7. The van der Waals surface area contributed by atoms with Gasteiger partial charge in [0.05, 0.1) is 11.0 Å². The second kappa shape index (κ2) is 5.87. The molecule has 158 valence electrons. The fraction of sp³-hybridized carbons (Fsp3) is 0.0909. The summed E-state index contributed by atoms with van der Waals surface area (Å²) in [5, 5.41) is 2.83. The van der Waals surface area contributed by atoms with E-state index in [0.717, 1.165) is 19.3 Å². The number of benzene rings is 5. The number of rotatable bonds is 0. The Balaban J connectivity index is 1.41. The van der Waals surface area contributed by atoms with Crippen molar-refractivity contribution >= 4 is 21.8 Å². The first-order chi connectivity index (χ1) is 16.9. The summed E-state index contributed by atoms with van der Waals surface area (Å²) in [6, 6.07) is 34.2. The van der Waals surface area contributed by atoms with Gasteiger partial charge in [0.25, 0.3) is 0 Å². The van der Waals surface area contributed by atoms with E-state index >= 15 is 0 Å². The zero-order chi connectivity index (χ0) is 22.0. The minimum Gasteiger partial charge on any atom is -0.309 e. The van der Waals surface area contributed by atoms with Crippen molar-refractivity contribution in [1.29, 1.82) is 0 Å². The molecule has 0 bridgehead atoms. The SMILES string of the molecule is c1ccc2c(c1)Cc1c-2ccc2c1Cc1cc3c4c(c1-2)c1ccccc1n4-c1ccccc1C3. The first kappa shape index (κ1) is 17.4. The van der Waals surface area contributed by atoms with E-state index in [2.05, 4.69) is 95.6 Å². The van der Waals surface area contributed by atoms with Crippen molar-refractivity contribution < 1.29 is 0 Å². The summed E-state index contributed by atoms with van der Waals surface area (Å²) in [6.07, 6.45) is 3.12. The highest BCUT2D eigenvalue weighted by molar-refractivity contribution is 6.19. The molecule has 0 N–H and O–H groups in total. The van der Waals surface area contributed by atoms with E-state index in [9.17, 15) is 0 Å². The molecule has 0 unspecified atom stereocenters. The highest BCUT2D eigenvalue weighted by atomic mass is 15.0. The Hall–Kier alpha value is -4.10. The molecule has 1 aliphatic heterocycles. The molecule has 6 aromatic rings. The van der Waals surface area contributed by atoms with Crippen molar-refractivity contribution in [2.24, 2.45) is 0 Å². The van der Waals surface area contributed by atoms with Crippen LogP contribution in [-0.4, -0.2) is 4.57 Å². The predicted molar refractivity (Wildman–Crippen MR) is 140 cm³/mol. The lowest BCUT2D eigenvalue weighted by Crippen LogP contribution is -2.08. The van der Waals surface area contributed by atoms with Gasteiger partial charge in [-0.1, -0.05) is 78.9 Å². The summed E-state index contributed by atoms with van der Waals surface area (Å²) < 4.78 is 2.53. The molecular formula is C33H21N. The van der Waals surface area contributed by atoms with Gasteiger partial charge in [-0.2, -0.15) is 0 Å². The molecule has 2 heterocycles. The molecule has 3 aliphatic rings. The number of fused-ring (bicyclic) bond motifs is 13. The number of hydrogen-bond acceptors (Lipinski definition) is 0. The van der Waals surface area contributed by atoms with Crippen LogP contribution in [0.5, 0.6) is 0 Å². The maximum atomic E-state index is 2.53. The van der Waals surface area contributed by atoms with Gasteiger partial charge in [0.2, 0.25) is 0 Å². The largest absolute Gasteiger partial charge is 0.309 e. The molecule has 9 rings (SSSR count). The van der Waals surface area contributed by atoms with Crippen molar-refractivity contribution in [1.82, 2.24) is 4.57 Å². The smallest absolute Gasteiger partial charge is 0.0583 e. The van der Waals surface area contributed by atoms with Crippen LogP contribution in [0.4, 0.5) is 0 Å². The standard InChI is InChI=1S/C33H21N/c1-3-9-23-19(7-1)17-27-24(23)13-14-25-28(27)18-21-16-22-15-20-8-2-5-11-29(20)34-30-12-6-4-10-26(30)32(31(21)25)33(22)34/h1-14,16H,15,17-18H2. The van der Waals surface area contributed by atoms with E-state index in [1.165, 1.54) is 72.0 Å². The average Bonchev–Trinajstić information content (AvgIpc) is 3.54. The molecule has 2 aliphatic carbocycles. The molecule has 5 aromatic carbocycles. The normalized spacial score (nSPS) is 14.1. The van der Waals surface area contributed by atoms with Gasteiger partial charge in [-0.05, 0) is 80.6 Å². The van der Waals surface area contributed by atoms with E-state index in [1.54, 1.807) is 11.1 Å². The van der Waals surface area contributed by atoms with Crippen LogP contribution in [0.2, 0.25) is 0 Å². The molecular weight excluding hydrogens is 410 g/mol. The Morgan fingerprint density at radius 1 is 0.529 bits per heavy atom. The van der Waals surface area contributed by atoms with Crippen LogP contribution >= 0.6 is 0 Å². The van der Waals surface area contributed by atoms with Crippen LogP contribution in [-0.2, 0) is 19.3 Å². The lowest BCUT2D eigenvalue weighted by atomic mass is 9.91. The van der Waals surface area contributed by atoms with Gasteiger partial charge in [0.1, 0.15) is 0 Å². The van der Waals surface area contributed by atoms with E-state index in [-0.39, 0.29) is 0 Å². The number of nitrogens with zero attached hydrogens (tertiary/aromatic N) is 1. The number of hydrogen-bond donors (Lipinski definition) is 0. The lowest BCUT2D eigenvalue weighted by molar-refractivity contribution is 1.04. The fourth-order valence-electron chi connectivity index (χ4n) is 7.13. The third-order valence-corrected chi connectivity index (χ3v) is 8.45. The van der Waals surface area contributed by atoms with E-state index in [0.29, 0.717) is 0 Å². The minimum atomic E-state index is 1.01. The molecule has 0 spiro atoms. The second-order valence-electron chi connectivity index (χ2n) is 10.1. The van der Waals surface area contributed by atoms with E-state index in [1.807, 2.05) is 0 Å². The molecule has 0 atom stereocenters.